The van der Waals surface area contributed by atoms with E-state index in [1.165, 1.54) is 0 Å². The fourth-order valence-electron chi connectivity index (χ4n) is 2.94. The molecule has 3 heterocycles. The van der Waals surface area contributed by atoms with Gasteiger partial charge < -0.3 is 15.5 Å². The molecule has 1 aromatic rings. The molecule has 7 heteroatoms. The van der Waals surface area contributed by atoms with Gasteiger partial charge >= 0.3 is 0 Å². The van der Waals surface area contributed by atoms with E-state index in [1.807, 2.05) is 10.9 Å². The summed E-state index contributed by atoms with van der Waals surface area (Å²) in [6, 6.07) is 1.95. The molecule has 2 N–H and O–H groups in total. The van der Waals surface area contributed by atoms with Crippen LogP contribution in [0.4, 0.5) is 0 Å². The maximum atomic E-state index is 12.2. The predicted octanol–water partition coefficient (Wildman–Crippen LogP) is -0.232. The topological polar surface area (TPSA) is 79.3 Å². The van der Waals surface area contributed by atoms with Gasteiger partial charge in [-0.25, -0.2) is 0 Å². The smallest absolute Gasteiger partial charge is 0.272 e. The van der Waals surface area contributed by atoms with E-state index in [0.29, 0.717) is 24.7 Å². The summed E-state index contributed by atoms with van der Waals surface area (Å²) in [5.41, 5.74) is 0.419. The van der Waals surface area contributed by atoms with Crippen molar-refractivity contribution < 1.29 is 9.59 Å². The summed E-state index contributed by atoms with van der Waals surface area (Å²) >= 11 is 0. The summed E-state index contributed by atoms with van der Waals surface area (Å²) < 4.78 is 1.87. The van der Waals surface area contributed by atoms with Crippen molar-refractivity contribution in [3.63, 3.8) is 0 Å². The molecule has 2 amide bonds. The Morgan fingerprint density at radius 2 is 2.38 bits per heavy atom. The Kier molecular flexibility index (Phi) is 3.92. The second kappa shape index (κ2) is 5.85. The molecule has 0 radical (unpaired) electrons. The van der Waals surface area contributed by atoms with Crippen LogP contribution in [0.15, 0.2) is 12.3 Å². The molecule has 2 aliphatic rings. The molecular formula is C14H21N5O2. The summed E-state index contributed by atoms with van der Waals surface area (Å²) in [5.74, 6) is -0.135. The molecule has 2 saturated heterocycles. The molecule has 2 aliphatic heterocycles. The van der Waals surface area contributed by atoms with Crippen LogP contribution in [0.3, 0.4) is 0 Å². The highest BCUT2D eigenvalue weighted by molar-refractivity contribution is 5.93. The summed E-state index contributed by atoms with van der Waals surface area (Å²) in [6.07, 6.45) is 4.44. The van der Waals surface area contributed by atoms with Gasteiger partial charge in [0.2, 0.25) is 5.91 Å². The Balaban J connectivity index is 1.60. The van der Waals surface area contributed by atoms with Gasteiger partial charge in [-0.1, -0.05) is 0 Å². The number of rotatable bonds is 3. The molecule has 0 saturated carbocycles. The lowest BCUT2D eigenvalue weighted by Crippen LogP contribution is -2.37. The Morgan fingerprint density at radius 1 is 1.52 bits per heavy atom. The number of likely N-dealkylation sites (tertiary alicyclic amines) is 1. The van der Waals surface area contributed by atoms with Gasteiger partial charge in [0, 0.05) is 32.8 Å². The Morgan fingerprint density at radius 3 is 3.05 bits per heavy atom. The largest absolute Gasteiger partial charge is 0.346 e. The van der Waals surface area contributed by atoms with Gasteiger partial charge in [0.05, 0.1) is 12.1 Å². The molecule has 1 aromatic heterocycles. The first kappa shape index (κ1) is 14.1. The first-order chi connectivity index (χ1) is 10.1. The van der Waals surface area contributed by atoms with Crippen molar-refractivity contribution in [3.05, 3.63) is 18.0 Å². The van der Waals surface area contributed by atoms with Gasteiger partial charge in [-0.05, 0) is 25.5 Å². The average molecular weight is 291 g/mol. The van der Waals surface area contributed by atoms with Crippen molar-refractivity contribution in [3.8, 4) is 0 Å². The van der Waals surface area contributed by atoms with Gasteiger partial charge in [0.1, 0.15) is 5.69 Å². The van der Waals surface area contributed by atoms with Crippen molar-refractivity contribution in [1.29, 1.82) is 0 Å². The lowest BCUT2D eigenvalue weighted by molar-refractivity contribution is -0.126. The van der Waals surface area contributed by atoms with Crippen LogP contribution in [-0.2, 0) is 4.79 Å². The van der Waals surface area contributed by atoms with Crippen LogP contribution >= 0.6 is 0 Å². The van der Waals surface area contributed by atoms with Crippen molar-refractivity contribution >= 4 is 11.8 Å². The summed E-state index contributed by atoms with van der Waals surface area (Å²) in [6.45, 7) is 2.51. The van der Waals surface area contributed by atoms with Crippen LogP contribution in [0.5, 0.6) is 0 Å². The lowest BCUT2D eigenvalue weighted by atomic mass is 10.1. The van der Waals surface area contributed by atoms with E-state index < -0.39 is 0 Å². The normalized spacial score (nSPS) is 26.1. The Labute approximate surface area is 123 Å². The fourth-order valence-corrected chi connectivity index (χ4v) is 2.94. The zero-order chi connectivity index (χ0) is 14.8. The average Bonchev–Trinajstić information content (AvgIpc) is 3.08. The molecule has 3 rings (SSSR count). The number of carbonyl (C=O) groups is 2. The van der Waals surface area contributed by atoms with Gasteiger partial charge in [-0.15, -0.1) is 0 Å². The lowest BCUT2D eigenvalue weighted by Gasteiger charge is -2.22. The fraction of sp³-hybridized carbons (Fsp3) is 0.643. The van der Waals surface area contributed by atoms with Gasteiger partial charge in [-0.3, -0.25) is 14.3 Å². The maximum Gasteiger partial charge on any atom is 0.272 e. The number of piperidine rings is 1. The number of amides is 2. The van der Waals surface area contributed by atoms with Crippen LogP contribution in [-0.4, -0.2) is 59.2 Å². The molecule has 2 atom stereocenters. The van der Waals surface area contributed by atoms with E-state index in [-0.39, 0.29) is 17.9 Å². The molecule has 2 unspecified atom stereocenters. The molecule has 114 valence electrons. The number of aromatic nitrogens is 2. The molecule has 0 bridgehead atoms. The second-order valence-electron chi connectivity index (χ2n) is 5.83. The third-order valence-electron chi connectivity index (χ3n) is 4.16. The first-order valence-corrected chi connectivity index (χ1v) is 7.44. The first-order valence-electron chi connectivity index (χ1n) is 7.44. The monoisotopic (exact) mass is 291 g/mol. The molecule has 0 aliphatic carbocycles. The van der Waals surface area contributed by atoms with Crippen molar-refractivity contribution in [2.75, 3.05) is 26.7 Å². The number of nitrogens with zero attached hydrogens (tertiary/aromatic N) is 3. The number of likely N-dealkylation sites (N-methyl/N-ethyl adjacent to an activating group) is 1. The second-order valence-corrected chi connectivity index (χ2v) is 5.83. The number of hydrogen-bond donors (Lipinski definition) is 2. The van der Waals surface area contributed by atoms with E-state index in [9.17, 15) is 9.59 Å². The summed E-state index contributed by atoms with van der Waals surface area (Å²) in [7, 11) is 1.75. The minimum atomic E-state index is -0.203. The van der Waals surface area contributed by atoms with Crippen molar-refractivity contribution in [2.45, 2.75) is 31.3 Å². The van der Waals surface area contributed by atoms with Gasteiger partial charge in [0.15, 0.2) is 0 Å². The third kappa shape index (κ3) is 3.07. The molecule has 21 heavy (non-hydrogen) atoms. The molecule has 0 spiro atoms. The zero-order valence-electron chi connectivity index (χ0n) is 12.2. The number of nitrogens with one attached hydrogen (secondary N) is 2. The van der Waals surface area contributed by atoms with Crippen LogP contribution < -0.4 is 10.6 Å². The quantitative estimate of drug-likeness (QED) is 0.806. The van der Waals surface area contributed by atoms with E-state index in [4.69, 9.17) is 0 Å². The predicted molar refractivity (Wildman–Crippen MR) is 76.9 cm³/mol. The van der Waals surface area contributed by atoms with Crippen LogP contribution in [0.25, 0.3) is 0 Å². The zero-order valence-corrected chi connectivity index (χ0v) is 12.2. The Bertz CT molecular complexity index is 535. The van der Waals surface area contributed by atoms with E-state index in [0.717, 1.165) is 25.9 Å². The number of hydrogen-bond acceptors (Lipinski definition) is 4. The van der Waals surface area contributed by atoms with Crippen molar-refractivity contribution in [1.82, 2.24) is 25.3 Å². The minimum absolute atomic E-state index is 0.0686. The Hall–Kier alpha value is -1.89. The molecule has 7 nitrogen and oxygen atoms in total. The minimum Gasteiger partial charge on any atom is -0.346 e. The highest BCUT2D eigenvalue weighted by atomic mass is 16.2. The standard InChI is InChI=1S/C14H21N5O2/c1-18-9-10(7-13(18)20)16-14(21)12-4-6-19(17-12)11-3-2-5-15-8-11/h4,6,10-11,15H,2-3,5,7-9H2,1H3,(H,16,21). The maximum absolute atomic E-state index is 12.2. The van der Waals surface area contributed by atoms with Crippen molar-refractivity contribution in [2.24, 2.45) is 0 Å². The van der Waals surface area contributed by atoms with Crippen LogP contribution in [0, 0.1) is 0 Å². The van der Waals surface area contributed by atoms with Crippen LogP contribution in [0.2, 0.25) is 0 Å². The third-order valence-corrected chi connectivity index (χ3v) is 4.16. The highest BCUT2D eigenvalue weighted by Crippen LogP contribution is 2.16. The highest BCUT2D eigenvalue weighted by Gasteiger charge is 2.28. The molecule has 2 fully saturated rings. The molecular weight excluding hydrogens is 270 g/mol. The van der Waals surface area contributed by atoms with E-state index in [2.05, 4.69) is 15.7 Å². The summed E-state index contributed by atoms with van der Waals surface area (Å²) in [4.78, 5) is 25.3. The SMILES string of the molecule is CN1CC(NC(=O)c2ccn(C3CCCNC3)n2)CC1=O. The van der Waals surface area contributed by atoms with Crippen LogP contribution in [0.1, 0.15) is 35.8 Å². The van der Waals surface area contributed by atoms with E-state index in [1.54, 1.807) is 18.0 Å². The summed E-state index contributed by atoms with van der Waals surface area (Å²) in [5, 5.41) is 10.6. The van der Waals surface area contributed by atoms with Gasteiger partial charge in [-0.2, -0.15) is 5.10 Å². The van der Waals surface area contributed by atoms with E-state index >= 15 is 0 Å². The number of carbonyl (C=O) groups excluding carboxylic acids is 2. The van der Waals surface area contributed by atoms with Gasteiger partial charge in [0.25, 0.3) is 5.91 Å². The molecule has 0 aromatic carbocycles.